The van der Waals surface area contributed by atoms with Crippen molar-refractivity contribution in [1.29, 1.82) is 0 Å². The Balaban J connectivity index is 1.67. The average molecular weight is 395 g/mol. The van der Waals surface area contributed by atoms with Crippen LogP contribution in [0.5, 0.6) is 0 Å². The quantitative estimate of drug-likeness (QED) is 0.329. The van der Waals surface area contributed by atoms with E-state index in [-0.39, 0.29) is 0 Å². The van der Waals surface area contributed by atoms with Crippen LogP contribution >= 0.6 is 11.8 Å². The molecule has 5 heteroatoms. The molecule has 29 heavy (non-hydrogen) atoms. The largest absolute Gasteiger partial charge is 0.431 e. The zero-order valence-electron chi connectivity index (χ0n) is 15.7. The first-order valence-electron chi connectivity index (χ1n) is 9.30. The van der Waals surface area contributed by atoms with Gasteiger partial charge in [-0.15, -0.1) is 0 Å². The number of aryl methyl sites for hydroxylation is 1. The van der Waals surface area contributed by atoms with Gasteiger partial charge in [0.05, 0.1) is 0 Å². The molecule has 2 heterocycles. The molecule has 5 rings (SSSR count). The van der Waals surface area contributed by atoms with Gasteiger partial charge >= 0.3 is 0 Å². The molecule has 0 unspecified atom stereocenters. The minimum absolute atomic E-state index is 0.550. The van der Waals surface area contributed by atoms with Crippen LogP contribution in [0, 0.1) is 6.92 Å². The van der Waals surface area contributed by atoms with Crippen LogP contribution in [0.2, 0.25) is 0 Å². The molecule has 0 radical (unpaired) electrons. The van der Waals surface area contributed by atoms with Crippen molar-refractivity contribution in [1.82, 2.24) is 15.0 Å². The van der Waals surface area contributed by atoms with Crippen molar-refractivity contribution in [2.45, 2.75) is 16.8 Å². The first-order chi connectivity index (χ1) is 14.3. The molecule has 0 amide bonds. The smallest absolute Gasteiger partial charge is 0.229 e. The maximum atomic E-state index is 6.13. The molecule has 0 aliphatic heterocycles. The maximum Gasteiger partial charge on any atom is 0.229 e. The fourth-order valence-corrected chi connectivity index (χ4v) is 3.88. The van der Waals surface area contributed by atoms with Crippen LogP contribution in [-0.4, -0.2) is 15.0 Å². The molecule has 140 valence electrons. The van der Waals surface area contributed by atoms with Crippen molar-refractivity contribution in [3.8, 4) is 22.8 Å². The van der Waals surface area contributed by atoms with Gasteiger partial charge in [-0.25, -0.2) is 9.97 Å². The van der Waals surface area contributed by atoms with Crippen LogP contribution in [0.15, 0.2) is 99.3 Å². The number of fused-ring (bicyclic) bond motifs is 1. The topological polar surface area (TPSA) is 51.8 Å². The number of hydrogen-bond donors (Lipinski definition) is 0. The Morgan fingerprint density at radius 1 is 0.690 bits per heavy atom. The predicted molar refractivity (Wildman–Crippen MR) is 116 cm³/mol. The number of benzene rings is 3. The third-order valence-corrected chi connectivity index (χ3v) is 5.49. The average Bonchev–Trinajstić information content (AvgIpc) is 3.20. The standard InChI is InChI=1S/C24H17N3OS/c1-16-12-14-18(15-13-16)23-26-22-20(28-23)24(29-19-10-6-3-7-11-19)27-21(25-22)17-8-4-2-5-9-17/h2-15H,1H3. The highest BCUT2D eigenvalue weighted by Crippen LogP contribution is 2.35. The van der Waals surface area contributed by atoms with Crippen molar-refractivity contribution < 1.29 is 4.42 Å². The highest BCUT2D eigenvalue weighted by Gasteiger charge is 2.18. The van der Waals surface area contributed by atoms with E-state index in [1.165, 1.54) is 5.56 Å². The van der Waals surface area contributed by atoms with Crippen molar-refractivity contribution in [2.75, 3.05) is 0 Å². The minimum Gasteiger partial charge on any atom is -0.431 e. The molecule has 2 aromatic heterocycles. The molecule has 0 saturated carbocycles. The predicted octanol–water partition coefficient (Wildman–Crippen LogP) is 6.41. The fraction of sp³-hybridized carbons (Fsp3) is 0.0417. The van der Waals surface area contributed by atoms with E-state index in [0.717, 1.165) is 21.0 Å². The number of nitrogens with zero attached hydrogens (tertiary/aromatic N) is 3. The van der Waals surface area contributed by atoms with E-state index < -0.39 is 0 Å². The third kappa shape index (κ3) is 3.65. The Labute approximate surface area is 172 Å². The van der Waals surface area contributed by atoms with Crippen molar-refractivity contribution >= 4 is 23.0 Å². The van der Waals surface area contributed by atoms with Gasteiger partial charge in [0, 0.05) is 16.0 Å². The monoisotopic (exact) mass is 395 g/mol. The van der Waals surface area contributed by atoms with E-state index in [0.29, 0.717) is 22.9 Å². The van der Waals surface area contributed by atoms with E-state index in [1.54, 1.807) is 11.8 Å². The van der Waals surface area contributed by atoms with Gasteiger partial charge < -0.3 is 4.42 Å². The highest BCUT2D eigenvalue weighted by molar-refractivity contribution is 7.99. The van der Waals surface area contributed by atoms with Gasteiger partial charge in [0.15, 0.2) is 10.9 Å². The van der Waals surface area contributed by atoms with Crippen LogP contribution in [-0.2, 0) is 0 Å². The second-order valence-electron chi connectivity index (χ2n) is 6.67. The molecule has 4 nitrogen and oxygen atoms in total. The zero-order valence-corrected chi connectivity index (χ0v) is 16.6. The van der Waals surface area contributed by atoms with Gasteiger partial charge in [-0.05, 0) is 31.2 Å². The lowest BCUT2D eigenvalue weighted by molar-refractivity contribution is 0.609. The lowest BCUT2D eigenvalue weighted by Crippen LogP contribution is -1.92. The van der Waals surface area contributed by atoms with Crippen LogP contribution in [0.1, 0.15) is 5.56 Å². The minimum atomic E-state index is 0.550. The van der Waals surface area contributed by atoms with E-state index in [2.05, 4.69) is 29.0 Å². The van der Waals surface area contributed by atoms with Gasteiger partial charge in [-0.2, -0.15) is 4.98 Å². The molecule has 5 aromatic rings. The van der Waals surface area contributed by atoms with Crippen LogP contribution in [0.4, 0.5) is 0 Å². The molecule has 0 fully saturated rings. The van der Waals surface area contributed by atoms with Crippen LogP contribution < -0.4 is 0 Å². The molecular weight excluding hydrogens is 378 g/mol. The Morgan fingerprint density at radius 3 is 2.10 bits per heavy atom. The van der Waals surface area contributed by atoms with E-state index >= 15 is 0 Å². The van der Waals surface area contributed by atoms with Crippen LogP contribution in [0.25, 0.3) is 34.1 Å². The second kappa shape index (κ2) is 7.53. The number of rotatable bonds is 4. The summed E-state index contributed by atoms with van der Waals surface area (Å²) in [6, 6.07) is 28.2. The summed E-state index contributed by atoms with van der Waals surface area (Å²) in [6.45, 7) is 2.06. The highest BCUT2D eigenvalue weighted by atomic mass is 32.2. The summed E-state index contributed by atoms with van der Waals surface area (Å²) in [5.41, 5.74) is 4.23. The van der Waals surface area contributed by atoms with Gasteiger partial charge in [-0.1, -0.05) is 78.0 Å². The summed E-state index contributed by atoms with van der Waals surface area (Å²) in [7, 11) is 0. The molecule has 3 aromatic carbocycles. The Morgan fingerprint density at radius 2 is 1.38 bits per heavy atom. The number of oxazole rings is 1. The van der Waals surface area contributed by atoms with E-state index in [1.807, 2.05) is 72.8 Å². The molecular formula is C24H17N3OS. The van der Waals surface area contributed by atoms with E-state index in [4.69, 9.17) is 9.40 Å². The second-order valence-corrected chi connectivity index (χ2v) is 7.73. The molecule has 0 aliphatic carbocycles. The summed E-state index contributed by atoms with van der Waals surface area (Å²) in [6.07, 6.45) is 0. The normalized spacial score (nSPS) is 11.1. The van der Waals surface area contributed by atoms with Gasteiger partial charge in [0.2, 0.25) is 17.1 Å². The number of hydrogen-bond acceptors (Lipinski definition) is 5. The summed E-state index contributed by atoms with van der Waals surface area (Å²) >= 11 is 1.55. The third-order valence-electron chi connectivity index (χ3n) is 4.51. The van der Waals surface area contributed by atoms with Crippen molar-refractivity contribution in [2.24, 2.45) is 0 Å². The molecule has 0 N–H and O–H groups in total. The zero-order chi connectivity index (χ0) is 19.6. The fourth-order valence-electron chi connectivity index (χ4n) is 3.00. The molecule has 0 saturated heterocycles. The van der Waals surface area contributed by atoms with Gasteiger partial charge in [0.1, 0.15) is 0 Å². The van der Waals surface area contributed by atoms with Crippen molar-refractivity contribution in [3.63, 3.8) is 0 Å². The Kier molecular flexibility index (Phi) is 4.58. The Hall–Kier alpha value is -3.44. The first-order valence-corrected chi connectivity index (χ1v) is 10.1. The van der Waals surface area contributed by atoms with Crippen LogP contribution in [0.3, 0.4) is 0 Å². The maximum absolute atomic E-state index is 6.13. The first kappa shape index (κ1) is 17.6. The summed E-state index contributed by atoms with van der Waals surface area (Å²) in [4.78, 5) is 15.2. The van der Waals surface area contributed by atoms with Gasteiger partial charge in [-0.3, -0.25) is 0 Å². The lowest BCUT2D eigenvalue weighted by Gasteiger charge is -2.04. The number of aromatic nitrogens is 3. The molecule has 0 spiro atoms. The molecule has 0 bridgehead atoms. The lowest BCUT2D eigenvalue weighted by atomic mass is 10.1. The molecule has 0 atom stereocenters. The van der Waals surface area contributed by atoms with E-state index in [9.17, 15) is 0 Å². The SMILES string of the molecule is Cc1ccc(-c2nc3nc(-c4ccccc4)nc(Sc4ccccc4)c3o2)cc1. The molecule has 0 aliphatic rings. The Bertz CT molecular complexity index is 1270. The summed E-state index contributed by atoms with van der Waals surface area (Å²) < 4.78 is 6.13. The summed E-state index contributed by atoms with van der Waals surface area (Å²) in [5.74, 6) is 1.19. The summed E-state index contributed by atoms with van der Waals surface area (Å²) in [5, 5.41) is 0.755. The van der Waals surface area contributed by atoms with Gasteiger partial charge in [0.25, 0.3) is 0 Å². The van der Waals surface area contributed by atoms with Crippen molar-refractivity contribution in [3.05, 3.63) is 90.5 Å².